The molecule has 1 rings (SSSR count). The molecule has 1 aromatic heterocycles. The molecular weight excluding hydrogens is 218 g/mol. The minimum atomic E-state index is -0.778. The highest BCUT2D eigenvalue weighted by Crippen LogP contribution is 2.06. The number of nitrogens with one attached hydrogen (secondary N) is 1. The lowest BCUT2D eigenvalue weighted by Crippen LogP contribution is -2.36. The highest BCUT2D eigenvalue weighted by atomic mass is 16.4. The molecular formula is C12H21N3O2. The van der Waals surface area contributed by atoms with Crippen LogP contribution in [0.1, 0.15) is 37.4 Å². The lowest BCUT2D eigenvalue weighted by molar-refractivity contribution is -0.139. The summed E-state index contributed by atoms with van der Waals surface area (Å²) < 4.78 is 1.74. The fraction of sp³-hybridized carbons (Fsp3) is 0.667. The van der Waals surface area contributed by atoms with Crippen molar-refractivity contribution in [1.29, 1.82) is 0 Å². The van der Waals surface area contributed by atoms with Crippen LogP contribution in [0.15, 0.2) is 6.20 Å². The second-order valence-electron chi connectivity index (χ2n) is 4.33. The van der Waals surface area contributed by atoms with Gasteiger partial charge in [-0.15, -0.1) is 0 Å². The first-order valence-corrected chi connectivity index (χ1v) is 6.00. The maximum atomic E-state index is 11.0. The van der Waals surface area contributed by atoms with Gasteiger partial charge in [-0.3, -0.25) is 9.48 Å². The molecule has 1 atom stereocenters. The predicted molar refractivity (Wildman–Crippen MR) is 65.7 cm³/mol. The molecule has 2 N–H and O–H groups in total. The Balaban J connectivity index is 2.51. The lowest BCUT2D eigenvalue weighted by atomic mass is 10.1. The molecule has 0 spiro atoms. The summed E-state index contributed by atoms with van der Waals surface area (Å²) >= 11 is 0. The molecule has 0 aliphatic rings. The Hall–Kier alpha value is -1.36. The Morgan fingerprint density at radius 2 is 2.35 bits per heavy atom. The predicted octanol–water partition coefficient (Wildman–Crippen LogP) is 1.46. The standard InChI is InChI=1S/C12H21N3O2/c1-4-5-6-11(12(16)17)13-7-10-8-15(3)14-9(10)2/h8,11,13H,4-7H2,1-3H3,(H,16,17). The summed E-state index contributed by atoms with van der Waals surface area (Å²) in [6, 6.07) is -0.463. The van der Waals surface area contributed by atoms with Crippen LogP contribution in [0.25, 0.3) is 0 Å². The summed E-state index contributed by atoms with van der Waals surface area (Å²) in [6.45, 7) is 4.54. The van der Waals surface area contributed by atoms with E-state index in [4.69, 9.17) is 5.11 Å². The smallest absolute Gasteiger partial charge is 0.320 e. The number of hydrogen-bond donors (Lipinski definition) is 2. The number of unbranched alkanes of at least 4 members (excludes halogenated alkanes) is 1. The zero-order chi connectivity index (χ0) is 12.8. The molecule has 1 heterocycles. The van der Waals surface area contributed by atoms with Crippen LogP contribution in [-0.2, 0) is 18.4 Å². The summed E-state index contributed by atoms with van der Waals surface area (Å²) in [4.78, 5) is 11.0. The average molecular weight is 239 g/mol. The first kappa shape index (κ1) is 13.7. The van der Waals surface area contributed by atoms with Gasteiger partial charge in [0.05, 0.1) is 5.69 Å². The Morgan fingerprint density at radius 1 is 1.65 bits per heavy atom. The molecule has 0 saturated carbocycles. The number of rotatable bonds is 7. The number of aryl methyl sites for hydroxylation is 2. The van der Waals surface area contributed by atoms with Crippen LogP contribution in [0.4, 0.5) is 0 Å². The van der Waals surface area contributed by atoms with Gasteiger partial charge in [0.1, 0.15) is 6.04 Å². The molecule has 17 heavy (non-hydrogen) atoms. The fourth-order valence-electron chi connectivity index (χ4n) is 1.78. The number of nitrogens with zero attached hydrogens (tertiary/aromatic N) is 2. The Bertz CT molecular complexity index is 374. The second kappa shape index (κ2) is 6.39. The Kier molecular flexibility index (Phi) is 5.15. The number of carboxylic acids is 1. The first-order valence-electron chi connectivity index (χ1n) is 6.00. The van der Waals surface area contributed by atoms with Gasteiger partial charge >= 0.3 is 5.97 Å². The normalized spacial score (nSPS) is 12.6. The third-order valence-electron chi connectivity index (χ3n) is 2.80. The molecule has 0 saturated heterocycles. The van der Waals surface area contributed by atoms with E-state index in [1.54, 1.807) is 4.68 Å². The Labute approximate surface area is 102 Å². The average Bonchev–Trinajstić information content (AvgIpc) is 2.57. The monoisotopic (exact) mass is 239 g/mol. The van der Waals surface area contributed by atoms with Gasteiger partial charge in [0.25, 0.3) is 0 Å². The summed E-state index contributed by atoms with van der Waals surface area (Å²) in [6.07, 6.45) is 4.53. The molecule has 96 valence electrons. The van der Waals surface area contributed by atoms with E-state index in [9.17, 15) is 4.79 Å². The molecule has 0 radical (unpaired) electrons. The van der Waals surface area contributed by atoms with Gasteiger partial charge in [-0.05, 0) is 13.3 Å². The Morgan fingerprint density at radius 3 is 2.82 bits per heavy atom. The summed E-state index contributed by atoms with van der Waals surface area (Å²) in [5, 5.41) is 16.4. The van der Waals surface area contributed by atoms with E-state index in [1.807, 2.05) is 20.2 Å². The van der Waals surface area contributed by atoms with Crippen LogP contribution in [0, 0.1) is 6.92 Å². The summed E-state index contributed by atoms with van der Waals surface area (Å²) in [5.41, 5.74) is 2.00. The van der Waals surface area contributed by atoms with E-state index in [1.165, 1.54) is 0 Å². The van der Waals surface area contributed by atoms with E-state index in [0.717, 1.165) is 24.1 Å². The molecule has 0 aliphatic heterocycles. The summed E-state index contributed by atoms with van der Waals surface area (Å²) in [7, 11) is 1.86. The molecule has 1 unspecified atom stereocenters. The van der Waals surface area contributed by atoms with Crippen molar-refractivity contribution in [3.63, 3.8) is 0 Å². The molecule has 1 aromatic rings. The van der Waals surface area contributed by atoms with Gasteiger partial charge in [0, 0.05) is 25.4 Å². The van der Waals surface area contributed by atoms with Crippen molar-refractivity contribution >= 4 is 5.97 Å². The maximum Gasteiger partial charge on any atom is 0.320 e. The van der Waals surface area contributed by atoms with Gasteiger partial charge in [-0.2, -0.15) is 5.10 Å². The summed E-state index contributed by atoms with van der Waals surface area (Å²) in [5.74, 6) is -0.778. The number of aliphatic carboxylic acids is 1. The number of aromatic nitrogens is 2. The van der Waals surface area contributed by atoms with E-state index < -0.39 is 12.0 Å². The lowest BCUT2D eigenvalue weighted by Gasteiger charge is -2.13. The largest absolute Gasteiger partial charge is 0.480 e. The quantitative estimate of drug-likeness (QED) is 0.756. The van der Waals surface area contributed by atoms with Crippen LogP contribution in [0.5, 0.6) is 0 Å². The first-order chi connectivity index (χ1) is 8.04. The minimum absolute atomic E-state index is 0.463. The molecule has 0 fully saturated rings. The van der Waals surface area contributed by atoms with Crippen molar-refractivity contribution in [2.75, 3.05) is 0 Å². The highest BCUT2D eigenvalue weighted by molar-refractivity contribution is 5.73. The van der Waals surface area contributed by atoms with Crippen LogP contribution in [0.2, 0.25) is 0 Å². The second-order valence-corrected chi connectivity index (χ2v) is 4.33. The molecule has 0 aromatic carbocycles. The van der Waals surface area contributed by atoms with Crippen molar-refractivity contribution < 1.29 is 9.90 Å². The highest BCUT2D eigenvalue weighted by Gasteiger charge is 2.16. The van der Waals surface area contributed by atoms with Gasteiger partial charge in [0.15, 0.2) is 0 Å². The number of hydrogen-bond acceptors (Lipinski definition) is 3. The topological polar surface area (TPSA) is 67.2 Å². The van der Waals surface area contributed by atoms with Crippen LogP contribution >= 0.6 is 0 Å². The number of carbonyl (C=O) groups is 1. The fourth-order valence-corrected chi connectivity index (χ4v) is 1.78. The molecule has 5 nitrogen and oxygen atoms in total. The van der Waals surface area contributed by atoms with Crippen molar-refractivity contribution in [1.82, 2.24) is 15.1 Å². The molecule has 5 heteroatoms. The van der Waals surface area contributed by atoms with Crippen molar-refractivity contribution in [2.24, 2.45) is 7.05 Å². The van der Waals surface area contributed by atoms with Gasteiger partial charge < -0.3 is 10.4 Å². The van der Waals surface area contributed by atoms with Gasteiger partial charge in [0.2, 0.25) is 0 Å². The van der Waals surface area contributed by atoms with Crippen LogP contribution in [-0.4, -0.2) is 26.9 Å². The SMILES string of the molecule is CCCCC(NCc1cn(C)nc1C)C(=O)O. The third-order valence-corrected chi connectivity index (χ3v) is 2.80. The maximum absolute atomic E-state index is 11.0. The minimum Gasteiger partial charge on any atom is -0.480 e. The van der Waals surface area contributed by atoms with E-state index in [-0.39, 0.29) is 0 Å². The van der Waals surface area contributed by atoms with E-state index in [0.29, 0.717) is 13.0 Å². The van der Waals surface area contributed by atoms with Gasteiger partial charge in [-0.1, -0.05) is 19.8 Å². The van der Waals surface area contributed by atoms with Crippen LogP contribution < -0.4 is 5.32 Å². The zero-order valence-corrected chi connectivity index (χ0v) is 10.7. The number of carboxylic acid groups (broad SMARTS) is 1. The zero-order valence-electron chi connectivity index (χ0n) is 10.7. The van der Waals surface area contributed by atoms with Crippen molar-refractivity contribution in [3.8, 4) is 0 Å². The van der Waals surface area contributed by atoms with E-state index >= 15 is 0 Å². The van der Waals surface area contributed by atoms with Crippen molar-refractivity contribution in [2.45, 2.75) is 45.7 Å². The third kappa shape index (κ3) is 4.19. The van der Waals surface area contributed by atoms with Gasteiger partial charge in [-0.25, -0.2) is 0 Å². The molecule has 0 aliphatic carbocycles. The molecule has 0 bridgehead atoms. The van der Waals surface area contributed by atoms with Crippen molar-refractivity contribution in [3.05, 3.63) is 17.5 Å². The molecule has 0 amide bonds. The van der Waals surface area contributed by atoms with Crippen LogP contribution in [0.3, 0.4) is 0 Å². The van der Waals surface area contributed by atoms with E-state index in [2.05, 4.69) is 17.3 Å².